The Bertz CT molecular complexity index is 1470. The number of fused-ring (bicyclic) bond motifs is 1. The summed E-state index contributed by atoms with van der Waals surface area (Å²) in [4.78, 5) is 49.6. The number of rotatable bonds is 6. The van der Waals surface area contributed by atoms with Gasteiger partial charge in [-0.25, -0.2) is 9.59 Å². The summed E-state index contributed by atoms with van der Waals surface area (Å²) in [5, 5.41) is 12.8. The number of carbonyl (C=O) groups excluding carboxylic acids is 2. The Kier molecular flexibility index (Phi) is 6.13. The monoisotopic (exact) mass is 481 g/mol. The third-order valence-electron chi connectivity index (χ3n) is 5.20. The van der Waals surface area contributed by atoms with Gasteiger partial charge in [-0.1, -0.05) is 23.7 Å². The fraction of sp³-hybridized carbons (Fsp3) is 0.0833. The molecule has 0 saturated carbocycles. The second-order valence-corrected chi connectivity index (χ2v) is 8.47. The van der Waals surface area contributed by atoms with Crippen molar-refractivity contribution in [1.29, 1.82) is 0 Å². The molecule has 166 valence electrons. The highest BCUT2D eigenvalue weighted by atomic mass is 35.5. The molecule has 1 N–H and O–H groups in total. The number of hydrogen-bond acceptors (Lipinski definition) is 6. The first-order valence-electron chi connectivity index (χ1n) is 9.65. The Morgan fingerprint density at radius 2 is 1.85 bits per heavy atom. The van der Waals surface area contributed by atoms with Crippen molar-refractivity contribution in [1.82, 2.24) is 4.57 Å². The van der Waals surface area contributed by atoms with Crippen molar-refractivity contribution in [3.63, 3.8) is 0 Å². The molecule has 9 heteroatoms. The molecule has 0 spiro atoms. The molecule has 2 aromatic carbocycles. The van der Waals surface area contributed by atoms with Gasteiger partial charge in [0.25, 0.3) is 5.56 Å². The SMILES string of the molecule is COC(=O)c1ccc(Cn2c(C(=O)O)c(-c3sccc3C=O)c3cc(Cl)ccc3c2=O)cc1. The van der Waals surface area contributed by atoms with Gasteiger partial charge in [0.15, 0.2) is 6.29 Å². The number of thiophene rings is 1. The van der Waals surface area contributed by atoms with E-state index in [1.807, 2.05) is 0 Å². The van der Waals surface area contributed by atoms with Crippen molar-refractivity contribution in [3.05, 3.63) is 91.7 Å². The number of aromatic nitrogens is 1. The molecule has 0 saturated heterocycles. The Morgan fingerprint density at radius 3 is 2.48 bits per heavy atom. The molecule has 0 atom stereocenters. The predicted molar refractivity (Wildman–Crippen MR) is 126 cm³/mol. The Labute approximate surface area is 196 Å². The van der Waals surface area contributed by atoms with Crippen LogP contribution in [0.3, 0.4) is 0 Å². The highest BCUT2D eigenvalue weighted by Crippen LogP contribution is 2.37. The minimum atomic E-state index is -1.32. The summed E-state index contributed by atoms with van der Waals surface area (Å²) in [6, 6.07) is 12.5. The molecule has 0 radical (unpaired) electrons. The van der Waals surface area contributed by atoms with Crippen LogP contribution in [-0.2, 0) is 11.3 Å². The lowest BCUT2D eigenvalue weighted by Crippen LogP contribution is -2.28. The van der Waals surface area contributed by atoms with Gasteiger partial charge in [0.1, 0.15) is 5.69 Å². The number of halogens is 1. The van der Waals surface area contributed by atoms with Crippen molar-refractivity contribution >= 4 is 51.9 Å². The van der Waals surface area contributed by atoms with Crippen LogP contribution in [0.15, 0.2) is 58.7 Å². The maximum absolute atomic E-state index is 13.4. The van der Waals surface area contributed by atoms with Crippen molar-refractivity contribution in [2.45, 2.75) is 6.54 Å². The standard InChI is InChI=1S/C24H16ClNO6S/c1-32-24(31)14-4-2-13(3-5-14)11-26-20(23(29)30)19(21-15(12-27)8-9-33-21)18-10-16(25)6-7-17(18)22(26)28/h2-10,12H,11H2,1H3,(H,29,30). The number of nitrogens with zero attached hydrogens (tertiary/aromatic N) is 1. The maximum Gasteiger partial charge on any atom is 0.353 e. The zero-order valence-corrected chi connectivity index (χ0v) is 18.8. The maximum atomic E-state index is 13.4. The van der Waals surface area contributed by atoms with Crippen LogP contribution in [0.2, 0.25) is 5.02 Å². The molecule has 2 aromatic heterocycles. The molecule has 0 aliphatic rings. The first-order chi connectivity index (χ1) is 15.8. The quantitative estimate of drug-likeness (QED) is 0.315. The van der Waals surface area contributed by atoms with Crippen LogP contribution in [0.5, 0.6) is 0 Å². The smallest absolute Gasteiger partial charge is 0.353 e. The summed E-state index contributed by atoms with van der Waals surface area (Å²) < 4.78 is 5.85. The van der Waals surface area contributed by atoms with Crippen LogP contribution in [0.4, 0.5) is 0 Å². The highest BCUT2D eigenvalue weighted by molar-refractivity contribution is 7.14. The van der Waals surface area contributed by atoms with Gasteiger partial charge in [0.05, 0.1) is 19.2 Å². The number of carboxylic acids is 1. The Morgan fingerprint density at radius 1 is 1.12 bits per heavy atom. The number of methoxy groups -OCH3 is 1. The molecule has 0 amide bonds. The van der Waals surface area contributed by atoms with Crippen LogP contribution in [-0.4, -0.2) is 35.0 Å². The lowest BCUT2D eigenvalue weighted by atomic mass is 9.99. The first-order valence-corrected chi connectivity index (χ1v) is 10.9. The Hall–Kier alpha value is -3.75. The van der Waals surface area contributed by atoms with E-state index < -0.39 is 17.5 Å². The normalized spacial score (nSPS) is 10.8. The summed E-state index contributed by atoms with van der Waals surface area (Å²) in [5.41, 5.74) is 0.740. The van der Waals surface area contributed by atoms with Crippen molar-refractivity contribution in [2.75, 3.05) is 7.11 Å². The molecule has 4 aromatic rings. The third kappa shape index (κ3) is 4.06. The summed E-state index contributed by atoms with van der Waals surface area (Å²) in [6.45, 7) is -0.0602. The molecule has 0 bridgehead atoms. The minimum Gasteiger partial charge on any atom is -0.477 e. The van der Waals surface area contributed by atoms with E-state index in [-0.39, 0.29) is 23.2 Å². The lowest BCUT2D eigenvalue weighted by molar-refractivity contribution is 0.0599. The first kappa shape index (κ1) is 22.4. The number of esters is 1. The van der Waals surface area contributed by atoms with Gasteiger partial charge in [-0.15, -0.1) is 11.3 Å². The van der Waals surface area contributed by atoms with E-state index in [0.29, 0.717) is 38.3 Å². The van der Waals surface area contributed by atoms with E-state index in [1.165, 1.54) is 36.6 Å². The minimum absolute atomic E-state index is 0.0602. The van der Waals surface area contributed by atoms with E-state index in [1.54, 1.807) is 35.7 Å². The summed E-state index contributed by atoms with van der Waals surface area (Å²) in [7, 11) is 1.27. The van der Waals surface area contributed by atoms with Crippen LogP contribution < -0.4 is 5.56 Å². The largest absolute Gasteiger partial charge is 0.477 e. The lowest BCUT2D eigenvalue weighted by Gasteiger charge is -2.17. The predicted octanol–water partition coefficient (Wildman–Crippen LogP) is 4.73. The number of aromatic carboxylic acids is 1. The topological polar surface area (TPSA) is 103 Å². The van der Waals surface area contributed by atoms with Crippen molar-refractivity contribution < 1.29 is 24.2 Å². The average molecular weight is 482 g/mol. The molecule has 0 aliphatic heterocycles. The number of pyridine rings is 1. The van der Waals surface area contributed by atoms with Crippen LogP contribution in [0, 0.1) is 0 Å². The van der Waals surface area contributed by atoms with Gasteiger partial charge >= 0.3 is 11.9 Å². The molecule has 4 rings (SSSR count). The molecule has 0 aliphatic carbocycles. The molecule has 2 heterocycles. The average Bonchev–Trinajstić information content (AvgIpc) is 3.28. The number of benzene rings is 2. The molecule has 33 heavy (non-hydrogen) atoms. The van der Waals surface area contributed by atoms with E-state index in [2.05, 4.69) is 0 Å². The van der Waals surface area contributed by atoms with Gasteiger partial charge in [-0.3, -0.25) is 14.2 Å². The van der Waals surface area contributed by atoms with Crippen molar-refractivity contribution in [3.8, 4) is 10.4 Å². The summed E-state index contributed by atoms with van der Waals surface area (Å²) >= 11 is 7.38. The molecule has 0 fully saturated rings. The molecular weight excluding hydrogens is 466 g/mol. The van der Waals surface area contributed by atoms with E-state index >= 15 is 0 Å². The van der Waals surface area contributed by atoms with Crippen LogP contribution in [0.25, 0.3) is 21.2 Å². The number of carboxylic acid groups (broad SMARTS) is 1. The van der Waals surface area contributed by atoms with Crippen LogP contribution in [0.1, 0.15) is 36.8 Å². The van der Waals surface area contributed by atoms with Gasteiger partial charge < -0.3 is 9.84 Å². The van der Waals surface area contributed by atoms with Gasteiger partial charge in [0, 0.05) is 26.4 Å². The molecule has 7 nitrogen and oxygen atoms in total. The second kappa shape index (κ2) is 9.01. The summed E-state index contributed by atoms with van der Waals surface area (Å²) in [6.07, 6.45) is 0.648. The fourth-order valence-electron chi connectivity index (χ4n) is 3.68. The van der Waals surface area contributed by atoms with Crippen molar-refractivity contribution in [2.24, 2.45) is 0 Å². The number of carbonyl (C=O) groups is 3. The number of aldehydes is 1. The zero-order valence-electron chi connectivity index (χ0n) is 17.2. The fourth-order valence-corrected chi connectivity index (χ4v) is 4.78. The highest BCUT2D eigenvalue weighted by Gasteiger charge is 2.25. The van der Waals surface area contributed by atoms with Gasteiger partial charge in [-0.2, -0.15) is 0 Å². The summed E-state index contributed by atoms with van der Waals surface area (Å²) in [5.74, 6) is -1.82. The van der Waals surface area contributed by atoms with Crippen LogP contribution >= 0.6 is 22.9 Å². The second-order valence-electron chi connectivity index (χ2n) is 7.12. The van der Waals surface area contributed by atoms with Gasteiger partial charge in [-0.05, 0) is 52.7 Å². The number of ether oxygens (including phenoxy) is 1. The van der Waals surface area contributed by atoms with E-state index in [0.717, 1.165) is 4.57 Å². The molecular formula is C24H16ClNO6S. The van der Waals surface area contributed by atoms with E-state index in [9.17, 15) is 24.3 Å². The third-order valence-corrected chi connectivity index (χ3v) is 6.38. The molecule has 0 unspecified atom stereocenters. The van der Waals surface area contributed by atoms with Gasteiger partial charge in [0.2, 0.25) is 0 Å². The van der Waals surface area contributed by atoms with E-state index in [4.69, 9.17) is 16.3 Å². The number of hydrogen-bond donors (Lipinski definition) is 1. The zero-order chi connectivity index (χ0) is 23.7. The Balaban J connectivity index is 2.01.